The average Bonchev–Trinajstić information content (AvgIpc) is 2.37. The Morgan fingerprint density at radius 2 is 2.15 bits per heavy atom. The summed E-state index contributed by atoms with van der Waals surface area (Å²) >= 11 is 0. The number of aliphatic hydroxyl groups excluding tert-OH is 1. The summed E-state index contributed by atoms with van der Waals surface area (Å²) in [6.45, 7) is 3.48. The molecule has 0 aromatic heterocycles. The third kappa shape index (κ3) is 4.72. The third-order valence-electron chi connectivity index (χ3n) is 4.65. The van der Waals surface area contributed by atoms with E-state index in [1.165, 1.54) is 26.4 Å². The lowest BCUT2D eigenvalue weighted by molar-refractivity contribution is -0.142. The van der Waals surface area contributed by atoms with Crippen LogP contribution >= 0.6 is 0 Å². The zero-order valence-electron chi connectivity index (χ0n) is 12.5. The first kappa shape index (κ1) is 15.7. The molecule has 20 heavy (non-hydrogen) atoms. The van der Waals surface area contributed by atoms with Crippen LogP contribution in [0.1, 0.15) is 32.1 Å². The highest BCUT2D eigenvalue weighted by Crippen LogP contribution is 2.26. The summed E-state index contributed by atoms with van der Waals surface area (Å²) < 4.78 is 4.76. The van der Waals surface area contributed by atoms with E-state index in [-0.39, 0.29) is 12.6 Å². The minimum absolute atomic E-state index is 0.174. The molecule has 1 aliphatic carbocycles. The number of nitrogens with one attached hydrogen (secondary N) is 1. The number of carbonyl (C=O) groups is 1. The van der Waals surface area contributed by atoms with Crippen molar-refractivity contribution in [1.82, 2.24) is 10.2 Å². The molecular weight excluding hydrogens is 256 g/mol. The Bertz CT molecular complexity index is 307. The normalized spacial score (nSPS) is 28.1. The van der Waals surface area contributed by atoms with Gasteiger partial charge in [0.1, 0.15) is 0 Å². The van der Waals surface area contributed by atoms with Gasteiger partial charge in [-0.25, -0.2) is 0 Å². The van der Waals surface area contributed by atoms with Crippen molar-refractivity contribution in [1.29, 1.82) is 0 Å². The average molecular weight is 284 g/mol. The zero-order chi connectivity index (χ0) is 14.4. The number of rotatable bonds is 7. The molecule has 0 bridgehead atoms. The van der Waals surface area contributed by atoms with Crippen LogP contribution in [0.3, 0.4) is 0 Å². The number of esters is 1. The number of methoxy groups -OCH3 is 1. The monoisotopic (exact) mass is 284 g/mol. The molecule has 2 unspecified atom stereocenters. The number of hydrogen-bond donors (Lipinski definition) is 2. The summed E-state index contributed by atoms with van der Waals surface area (Å²) in [7, 11) is 1.43. The van der Waals surface area contributed by atoms with Crippen LogP contribution in [-0.2, 0) is 9.53 Å². The van der Waals surface area contributed by atoms with Gasteiger partial charge in [-0.05, 0) is 44.1 Å². The van der Waals surface area contributed by atoms with Crippen LogP contribution in [0, 0.1) is 11.8 Å². The summed E-state index contributed by atoms with van der Waals surface area (Å²) in [4.78, 5) is 13.6. The van der Waals surface area contributed by atoms with Crippen LogP contribution in [-0.4, -0.2) is 61.9 Å². The largest absolute Gasteiger partial charge is 0.468 e. The van der Waals surface area contributed by atoms with Crippen molar-refractivity contribution in [3.63, 3.8) is 0 Å². The number of ether oxygens (including phenoxy) is 1. The number of likely N-dealkylation sites (tertiary alicyclic amines) is 1. The third-order valence-corrected chi connectivity index (χ3v) is 4.65. The second-order valence-electron chi connectivity index (χ2n) is 6.29. The van der Waals surface area contributed by atoms with Gasteiger partial charge in [0.25, 0.3) is 0 Å². The van der Waals surface area contributed by atoms with E-state index >= 15 is 0 Å². The van der Waals surface area contributed by atoms with Crippen LogP contribution in [0.25, 0.3) is 0 Å². The van der Waals surface area contributed by atoms with Gasteiger partial charge in [0.05, 0.1) is 13.7 Å². The van der Waals surface area contributed by atoms with Crippen molar-refractivity contribution in [3.8, 4) is 0 Å². The van der Waals surface area contributed by atoms with E-state index in [1.54, 1.807) is 0 Å². The molecule has 0 amide bonds. The highest BCUT2D eigenvalue weighted by Gasteiger charge is 2.29. The molecule has 0 radical (unpaired) electrons. The van der Waals surface area contributed by atoms with Gasteiger partial charge in [0.2, 0.25) is 0 Å². The molecular formula is C15H28N2O3. The Balaban J connectivity index is 1.80. The van der Waals surface area contributed by atoms with Crippen LogP contribution in [0.4, 0.5) is 0 Å². The first-order valence-electron chi connectivity index (χ1n) is 7.84. The zero-order valence-corrected chi connectivity index (χ0v) is 12.5. The molecule has 1 aliphatic heterocycles. The van der Waals surface area contributed by atoms with Crippen LogP contribution in [0.15, 0.2) is 0 Å². The number of carbonyl (C=O) groups excluding carboxylic acids is 1. The topological polar surface area (TPSA) is 61.8 Å². The highest BCUT2D eigenvalue weighted by molar-refractivity contribution is 5.71. The molecule has 0 spiro atoms. The lowest BCUT2D eigenvalue weighted by atomic mass is 9.84. The fourth-order valence-corrected chi connectivity index (χ4v) is 3.25. The Hall–Kier alpha value is -0.650. The van der Waals surface area contributed by atoms with E-state index in [9.17, 15) is 4.79 Å². The van der Waals surface area contributed by atoms with E-state index in [2.05, 4.69) is 10.2 Å². The molecule has 2 atom stereocenters. The van der Waals surface area contributed by atoms with E-state index in [0.717, 1.165) is 38.4 Å². The number of piperidine rings is 1. The minimum Gasteiger partial charge on any atom is -0.468 e. The van der Waals surface area contributed by atoms with Crippen molar-refractivity contribution < 1.29 is 14.6 Å². The SMILES string of the molecule is COC(=O)CN1CC(CCO)CC(NCC2CCC2)C1. The van der Waals surface area contributed by atoms with Crippen LogP contribution in [0.2, 0.25) is 0 Å². The molecule has 116 valence electrons. The smallest absolute Gasteiger partial charge is 0.319 e. The molecule has 2 aliphatic rings. The minimum atomic E-state index is -0.174. The standard InChI is InChI=1S/C15H28N2O3/c1-20-15(19)11-17-9-13(5-6-18)7-14(10-17)16-8-12-3-2-4-12/h12-14,16,18H,2-11H2,1H3. The number of aliphatic hydroxyl groups is 1. The van der Waals surface area contributed by atoms with Gasteiger partial charge in [-0.2, -0.15) is 0 Å². The molecule has 1 saturated carbocycles. The Morgan fingerprint density at radius 1 is 1.35 bits per heavy atom. The number of hydrogen-bond acceptors (Lipinski definition) is 5. The Morgan fingerprint density at radius 3 is 2.75 bits per heavy atom. The summed E-state index contributed by atoms with van der Waals surface area (Å²) in [5, 5.41) is 12.8. The molecule has 0 aromatic carbocycles. The predicted molar refractivity (Wildman–Crippen MR) is 77.4 cm³/mol. The van der Waals surface area contributed by atoms with Crippen LogP contribution in [0.5, 0.6) is 0 Å². The summed E-state index contributed by atoms with van der Waals surface area (Å²) in [6.07, 6.45) is 6.00. The van der Waals surface area contributed by atoms with E-state index in [4.69, 9.17) is 9.84 Å². The molecule has 5 nitrogen and oxygen atoms in total. The molecule has 2 rings (SSSR count). The summed E-state index contributed by atoms with van der Waals surface area (Å²) in [5.41, 5.74) is 0. The van der Waals surface area contributed by atoms with Gasteiger partial charge in [-0.3, -0.25) is 9.69 Å². The first-order valence-corrected chi connectivity index (χ1v) is 7.84. The summed E-state index contributed by atoms with van der Waals surface area (Å²) in [6, 6.07) is 0.436. The van der Waals surface area contributed by atoms with Crippen molar-refractivity contribution in [2.45, 2.75) is 38.1 Å². The van der Waals surface area contributed by atoms with Crippen molar-refractivity contribution >= 4 is 5.97 Å². The predicted octanol–water partition coefficient (Wildman–Crippen LogP) is 0.622. The first-order chi connectivity index (χ1) is 9.71. The molecule has 1 saturated heterocycles. The fourth-order valence-electron chi connectivity index (χ4n) is 3.25. The van der Waals surface area contributed by atoms with Gasteiger partial charge in [-0.1, -0.05) is 6.42 Å². The maximum atomic E-state index is 11.4. The quantitative estimate of drug-likeness (QED) is 0.671. The second kappa shape index (κ2) is 7.96. The molecule has 1 heterocycles. The van der Waals surface area contributed by atoms with Crippen molar-refractivity contribution in [2.75, 3.05) is 39.9 Å². The summed E-state index contributed by atoms with van der Waals surface area (Å²) in [5.74, 6) is 1.15. The fraction of sp³-hybridized carbons (Fsp3) is 0.933. The van der Waals surface area contributed by atoms with Gasteiger partial charge in [0, 0.05) is 25.7 Å². The van der Waals surface area contributed by atoms with E-state index in [0.29, 0.717) is 18.5 Å². The molecule has 0 aromatic rings. The lowest BCUT2D eigenvalue weighted by Gasteiger charge is -2.38. The molecule has 2 N–H and O–H groups in total. The molecule has 2 fully saturated rings. The maximum Gasteiger partial charge on any atom is 0.319 e. The highest BCUT2D eigenvalue weighted by atomic mass is 16.5. The van der Waals surface area contributed by atoms with Crippen molar-refractivity contribution in [2.24, 2.45) is 11.8 Å². The van der Waals surface area contributed by atoms with Gasteiger partial charge < -0.3 is 15.2 Å². The Kier molecular flexibility index (Phi) is 6.26. The lowest BCUT2D eigenvalue weighted by Crippen LogP contribution is -2.51. The molecule has 5 heteroatoms. The van der Waals surface area contributed by atoms with Crippen LogP contribution < -0.4 is 5.32 Å². The van der Waals surface area contributed by atoms with Gasteiger partial charge in [0.15, 0.2) is 0 Å². The second-order valence-corrected chi connectivity index (χ2v) is 6.29. The van der Waals surface area contributed by atoms with E-state index < -0.39 is 0 Å². The van der Waals surface area contributed by atoms with E-state index in [1.807, 2.05) is 0 Å². The Labute approximate surface area is 121 Å². The van der Waals surface area contributed by atoms with Crippen molar-refractivity contribution in [3.05, 3.63) is 0 Å². The maximum absolute atomic E-state index is 11.4. The van der Waals surface area contributed by atoms with Gasteiger partial charge in [-0.15, -0.1) is 0 Å². The number of nitrogens with zero attached hydrogens (tertiary/aromatic N) is 1. The van der Waals surface area contributed by atoms with Gasteiger partial charge >= 0.3 is 5.97 Å².